The number of aromatic nitrogens is 2. The van der Waals surface area contributed by atoms with Crippen LogP contribution in [0.1, 0.15) is 52.8 Å². The molecule has 2 aromatic rings. The Bertz CT molecular complexity index is 642. The first kappa shape index (κ1) is 15.0. The third-order valence-electron chi connectivity index (χ3n) is 3.33. The zero-order valence-electron chi connectivity index (χ0n) is 12.7. The molecule has 2 rings (SSSR count). The SMILES string of the molecule is Cc1noc(C)c1CNC(=O)c1cc(N)nc(C(C)C)c1. The highest BCUT2D eigenvalue weighted by Crippen LogP contribution is 2.16. The van der Waals surface area contributed by atoms with E-state index in [0.29, 0.717) is 23.7 Å². The number of nitrogens with zero attached hydrogens (tertiary/aromatic N) is 2. The van der Waals surface area contributed by atoms with Gasteiger partial charge in [0.15, 0.2) is 0 Å². The predicted molar refractivity (Wildman–Crippen MR) is 79.9 cm³/mol. The summed E-state index contributed by atoms with van der Waals surface area (Å²) >= 11 is 0. The summed E-state index contributed by atoms with van der Waals surface area (Å²) in [7, 11) is 0. The summed E-state index contributed by atoms with van der Waals surface area (Å²) in [4.78, 5) is 16.5. The Morgan fingerprint density at radius 1 is 1.38 bits per heavy atom. The van der Waals surface area contributed by atoms with Crippen LogP contribution in [-0.2, 0) is 6.54 Å². The molecule has 6 heteroatoms. The van der Waals surface area contributed by atoms with Crippen LogP contribution in [0, 0.1) is 13.8 Å². The van der Waals surface area contributed by atoms with E-state index in [4.69, 9.17) is 10.3 Å². The Labute approximate surface area is 123 Å². The maximum atomic E-state index is 12.2. The van der Waals surface area contributed by atoms with Gasteiger partial charge in [0.25, 0.3) is 5.91 Å². The lowest BCUT2D eigenvalue weighted by Crippen LogP contribution is -2.24. The smallest absolute Gasteiger partial charge is 0.251 e. The van der Waals surface area contributed by atoms with Crippen LogP contribution < -0.4 is 11.1 Å². The van der Waals surface area contributed by atoms with Crippen LogP contribution in [0.4, 0.5) is 5.82 Å². The summed E-state index contributed by atoms with van der Waals surface area (Å²) in [6.07, 6.45) is 0. The number of aryl methyl sites for hydroxylation is 2. The molecule has 0 aliphatic rings. The quantitative estimate of drug-likeness (QED) is 0.900. The number of hydrogen-bond acceptors (Lipinski definition) is 5. The maximum absolute atomic E-state index is 12.2. The Morgan fingerprint density at radius 2 is 2.10 bits per heavy atom. The lowest BCUT2D eigenvalue weighted by atomic mass is 10.1. The Kier molecular flexibility index (Phi) is 4.26. The van der Waals surface area contributed by atoms with Gasteiger partial charge in [-0.3, -0.25) is 4.79 Å². The molecule has 2 heterocycles. The highest BCUT2D eigenvalue weighted by Gasteiger charge is 2.13. The number of nitrogens with two attached hydrogens (primary N) is 1. The molecule has 0 saturated heterocycles. The van der Waals surface area contributed by atoms with Crippen LogP contribution in [0.15, 0.2) is 16.7 Å². The number of amides is 1. The van der Waals surface area contributed by atoms with Crippen molar-refractivity contribution < 1.29 is 9.32 Å². The van der Waals surface area contributed by atoms with Gasteiger partial charge in [0, 0.05) is 23.4 Å². The van der Waals surface area contributed by atoms with Crippen molar-refractivity contribution in [1.82, 2.24) is 15.5 Å². The molecule has 0 unspecified atom stereocenters. The van der Waals surface area contributed by atoms with Crippen molar-refractivity contribution in [2.24, 2.45) is 0 Å². The summed E-state index contributed by atoms with van der Waals surface area (Å²) in [6, 6.07) is 3.35. The third-order valence-corrected chi connectivity index (χ3v) is 3.33. The van der Waals surface area contributed by atoms with E-state index in [1.165, 1.54) is 0 Å². The summed E-state index contributed by atoms with van der Waals surface area (Å²) in [5.74, 6) is 1.09. The summed E-state index contributed by atoms with van der Waals surface area (Å²) in [5, 5.41) is 6.72. The minimum atomic E-state index is -0.189. The molecule has 0 atom stereocenters. The van der Waals surface area contributed by atoms with E-state index in [1.54, 1.807) is 12.1 Å². The van der Waals surface area contributed by atoms with Gasteiger partial charge >= 0.3 is 0 Å². The van der Waals surface area contributed by atoms with Crippen LogP contribution in [0.3, 0.4) is 0 Å². The number of anilines is 1. The van der Waals surface area contributed by atoms with Crippen molar-refractivity contribution in [3.63, 3.8) is 0 Å². The van der Waals surface area contributed by atoms with Crippen LogP contribution in [0.25, 0.3) is 0 Å². The molecule has 0 radical (unpaired) electrons. The number of nitrogens with one attached hydrogen (secondary N) is 1. The highest BCUT2D eigenvalue weighted by atomic mass is 16.5. The molecule has 0 aliphatic heterocycles. The van der Waals surface area contributed by atoms with Gasteiger partial charge in [0.2, 0.25) is 0 Å². The normalized spacial score (nSPS) is 10.9. The summed E-state index contributed by atoms with van der Waals surface area (Å²) in [6.45, 7) is 8.06. The van der Waals surface area contributed by atoms with Crippen molar-refractivity contribution in [1.29, 1.82) is 0 Å². The molecule has 0 spiro atoms. The van der Waals surface area contributed by atoms with Crippen LogP contribution in [0.5, 0.6) is 0 Å². The second-order valence-corrected chi connectivity index (χ2v) is 5.35. The third kappa shape index (κ3) is 3.39. The Hall–Kier alpha value is -2.37. The van der Waals surface area contributed by atoms with Crippen LogP contribution in [-0.4, -0.2) is 16.0 Å². The van der Waals surface area contributed by atoms with Crippen molar-refractivity contribution >= 4 is 11.7 Å². The first-order chi connectivity index (χ1) is 9.88. The van der Waals surface area contributed by atoms with E-state index in [1.807, 2.05) is 27.7 Å². The maximum Gasteiger partial charge on any atom is 0.251 e. The Morgan fingerprint density at radius 3 is 2.67 bits per heavy atom. The van der Waals surface area contributed by atoms with E-state index in [9.17, 15) is 4.79 Å². The van der Waals surface area contributed by atoms with Gasteiger partial charge in [-0.25, -0.2) is 4.98 Å². The molecule has 0 fully saturated rings. The minimum Gasteiger partial charge on any atom is -0.384 e. The molecule has 0 bridgehead atoms. The highest BCUT2D eigenvalue weighted by molar-refractivity contribution is 5.94. The molecule has 21 heavy (non-hydrogen) atoms. The van der Waals surface area contributed by atoms with Crippen molar-refractivity contribution in [3.05, 3.63) is 40.4 Å². The lowest BCUT2D eigenvalue weighted by Gasteiger charge is -2.09. The standard InChI is InChI=1S/C15H20N4O2/c1-8(2)13-5-11(6-14(16)18-13)15(20)17-7-12-9(3)19-21-10(12)4/h5-6,8H,7H2,1-4H3,(H2,16,18)(H,17,20). The monoisotopic (exact) mass is 288 g/mol. The fourth-order valence-corrected chi connectivity index (χ4v) is 2.03. The molecule has 6 nitrogen and oxygen atoms in total. The van der Waals surface area contributed by atoms with Crippen molar-refractivity contribution in [2.75, 3.05) is 5.73 Å². The van der Waals surface area contributed by atoms with E-state index in [2.05, 4.69) is 15.5 Å². The molecule has 0 aliphatic carbocycles. The number of rotatable bonds is 4. The minimum absolute atomic E-state index is 0.189. The zero-order valence-corrected chi connectivity index (χ0v) is 12.7. The number of carbonyl (C=O) groups excluding carboxylic acids is 1. The van der Waals surface area contributed by atoms with Gasteiger partial charge in [-0.05, 0) is 31.9 Å². The van der Waals surface area contributed by atoms with Gasteiger partial charge in [-0.1, -0.05) is 19.0 Å². The number of nitrogen functional groups attached to an aromatic ring is 1. The van der Waals surface area contributed by atoms with Crippen molar-refractivity contribution in [2.45, 2.75) is 40.2 Å². The van der Waals surface area contributed by atoms with Gasteiger partial charge in [-0.2, -0.15) is 0 Å². The Balaban J connectivity index is 2.14. The molecule has 3 N–H and O–H groups in total. The molecule has 1 amide bonds. The average molecular weight is 288 g/mol. The number of hydrogen-bond donors (Lipinski definition) is 2. The number of pyridine rings is 1. The second kappa shape index (κ2) is 5.95. The molecule has 2 aromatic heterocycles. The lowest BCUT2D eigenvalue weighted by molar-refractivity contribution is 0.0950. The fraction of sp³-hybridized carbons (Fsp3) is 0.400. The largest absolute Gasteiger partial charge is 0.384 e. The molecular formula is C15H20N4O2. The molecular weight excluding hydrogens is 268 g/mol. The van der Waals surface area contributed by atoms with Crippen LogP contribution >= 0.6 is 0 Å². The van der Waals surface area contributed by atoms with E-state index in [0.717, 1.165) is 17.0 Å². The molecule has 112 valence electrons. The first-order valence-corrected chi connectivity index (χ1v) is 6.86. The average Bonchev–Trinajstić information content (AvgIpc) is 2.74. The zero-order chi connectivity index (χ0) is 15.6. The van der Waals surface area contributed by atoms with Gasteiger partial charge in [-0.15, -0.1) is 0 Å². The predicted octanol–water partition coefficient (Wildman–Crippen LogP) is 2.32. The van der Waals surface area contributed by atoms with E-state index < -0.39 is 0 Å². The van der Waals surface area contributed by atoms with Crippen LogP contribution in [0.2, 0.25) is 0 Å². The topological polar surface area (TPSA) is 94.0 Å². The number of carbonyl (C=O) groups is 1. The summed E-state index contributed by atoms with van der Waals surface area (Å²) in [5.41, 5.74) is 8.75. The first-order valence-electron chi connectivity index (χ1n) is 6.86. The van der Waals surface area contributed by atoms with Gasteiger partial charge in [0.05, 0.1) is 5.69 Å². The van der Waals surface area contributed by atoms with Crippen molar-refractivity contribution in [3.8, 4) is 0 Å². The van der Waals surface area contributed by atoms with E-state index in [-0.39, 0.29) is 11.8 Å². The van der Waals surface area contributed by atoms with Gasteiger partial charge < -0.3 is 15.6 Å². The second-order valence-electron chi connectivity index (χ2n) is 5.35. The van der Waals surface area contributed by atoms with E-state index >= 15 is 0 Å². The molecule has 0 aromatic carbocycles. The fourth-order valence-electron chi connectivity index (χ4n) is 2.03. The summed E-state index contributed by atoms with van der Waals surface area (Å²) < 4.78 is 5.07. The molecule has 0 saturated carbocycles. The van der Waals surface area contributed by atoms with Gasteiger partial charge in [0.1, 0.15) is 11.6 Å².